The summed E-state index contributed by atoms with van der Waals surface area (Å²) in [6, 6.07) is 6.00. The van der Waals surface area contributed by atoms with Gasteiger partial charge in [-0.2, -0.15) is 0 Å². The molecule has 1 saturated carbocycles. The Kier molecular flexibility index (Phi) is 8.38. The van der Waals surface area contributed by atoms with Crippen LogP contribution in [0.3, 0.4) is 0 Å². The molecule has 1 aliphatic rings. The van der Waals surface area contributed by atoms with Crippen LogP contribution in [0.2, 0.25) is 0 Å². The first kappa shape index (κ1) is 25.0. The van der Waals surface area contributed by atoms with Crippen molar-refractivity contribution in [3.05, 3.63) is 23.8 Å². The minimum atomic E-state index is -0.312. The number of benzene rings is 1. The summed E-state index contributed by atoms with van der Waals surface area (Å²) in [6.45, 7) is 12.8. The minimum Gasteiger partial charge on any atom is -0.377 e. The molecule has 1 aliphatic carbocycles. The Morgan fingerprint density at radius 2 is 1.71 bits per heavy atom. The van der Waals surface area contributed by atoms with Crippen LogP contribution in [0.5, 0.6) is 0 Å². The molecule has 2 N–H and O–H groups in total. The van der Waals surface area contributed by atoms with Crippen LogP contribution >= 0.6 is 0 Å². The highest BCUT2D eigenvalue weighted by Crippen LogP contribution is 2.29. The Morgan fingerprint density at radius 3 is 2.23 bits per heavy atom. The summed E-state index contributed by atoms with van der Waals surface area (Å²) in [6.07, 6.45) is 4.21. The number of urea groups is 1. The topological polar surface area (TPSA) is 64.7 Å². The van der Waals surface area contributed by atoms with Gasteiger partial charge in [-0.15, -0.1) is 0 Å². The molecule has 1 fully saturated rings. The first-order valence-electron chi connectivity index (χ1n) is 11.6. The molecule has 6 heteroatoms. The molecule has 0 aliphatic heterocycles. The number of nitrogens with one attached hydrogen (secondary N) is 2. The van der Waals surface area contributed by atoms with Crippen LogP contribution in [0.4, 0.5) is 16.2 Å². The molecular weight excluding hydrogens is 388 g/mol. The smallest absolute Gasteiger partial charge is 0.318 e. The second kappa shape index (κ2) is 10.4. The van der Waals surface area contributed by atoms with Crippen molar-refractivity contribution >= 4 is 23.3 Å². The Labute approximate surface area is 188 Å². The number of carbonyl (C=O) groups excluding carboxylic acids is 2. The number of amides is 3. The van der Waals surface area contributed by atoms with E-state index >= 15 is 0 Å². The second-order valence-electron chi connectivity index (χ2n) is 10.5. The van der Waals surface area contributed by atoms with E-state index in [0.717, 1.165) is 42.6 Å². The summed E-state index contributed by atoms with van der Waals surface area (Å²) in [5.41, 5.74) is 2.55. The summed E-state index contributed by atoms with van der Waals surface area (Å²) >= 11 is 0. The van der Waals surface area contributed by atoms with Crippen molar-refractivity contribution in [1.29, 1.82) is 0 Å². The molecule has 0 spiro atoms. The van der Waals surface area contributed by atoms with Gasteiger partial charge in [0.15, 0.2) is 0 Å². The molecule has 31 heavy (non-hydrogen) atoms. The standard InChI is InChI=1S/C25H42N4O2/c1-17(2)18(3)29(24(31)27-25(4,5)6)16-20-15-21(13-14-22(20)28(7)8)26-23(30)19-11-9-10-12-19/h13-15,17-19H,9-12,16H2,1-8H3,(H,26,30)(H,27,31)/t18-/m0/s1. The third-order valence-corrected chi connectivity index (χ3v) is 6.09. The lowest BCUT2D eigenvalue weighted by atomic mass is 10.0. The molecule has 2 rings (SSSR count). The van der Waals surface area contributed by atoms with E-state index in [2.05, 4.69) is 36.3 Å². The van der Waals surface area contributed by atoms with Crippen LogP contribution in [0, 0.1) is 11.8 Å². The van der Waals surface area contributed by atoms with E-state index in [0.29, 0.717) is 12.5 Å². The average Bonchev–Trinajstić information content (AvgIpc) is 3.18. The van der Waals surface area contributed by atoms with E-state index < -0.39 is 0 Å². The number of hydrogen-bond donors (Lipinski definition) is 2. The van der Waals surface area contributed by atoms with Gasteiger partial charge in [0.2, 0.25) is 5.91 Å². The molecule has 0 radical (unpaired) electrons. The van der Waals surface area contributed by atoms with E-state index in [1.165, 1.54) is 0 Å². The average molecular weight is 431 g/mol. The van der Waals surface area contributed by atoms with Crippen molar-refractivity contribution < 1.29 is 9.59 Å². The predicted molar refractivity (Wildman–Crippen MR) is 129 cm³/mol. The van der Waals surface area contributed by atoms with Crippen LogP contribution < -0.4 is 15.5 Å². The van der Waals surface area contributed by atoms with Crippen molar-refractivity contribution in [2.45, 2.75) is 85.4 Å². The number of carbonyl (C=O) groups is 2. The monoisotopic (exact) mass is 430 g/mol. The summed E-state index contributed by atoms with van der Waals surface area (Å²) < 4.78 is 0. The van der Waals surface area contributed by atoms with Gasteiger partial charge in [-0.1, -0.05) is 26.7 Å². The molecule has 0 saturated heterocycles. The molecule has 0 bridgehead atoms. The molecule has 0 unspecified atom stereocenters. The molecular formula is C25H42N4O2. The van der Waals surface area contributed by atoms with Crippen LogP contribution in [0.25, 0.3) is 0 Å². The molecule has 1 aromatic carbocycles. The quantitative estimate of drug-likeness (QED) is 0.622. The van der Waals surface area contributed by atoms with Crippen LogP contribution in [-0.2, 0) is 11.3 Å². The molecule has 174 valence electrons. The highest BCUT2D eigenvalue weighted by molar-refractivity contribution is 5.93. The van der Waals surface area contributed by atoms with Gasteiger partial charge in [-0.05, 0) is 70.2 Å². The third kappa shape index (κ3) is 7.15. The van der Waals surface area contributed by atoms with Gasteiger partial charge in [0.25, 0.3) is 0 Å². The van der Waals surface area contributed by atoms with Crippen molar-refractivity contribution in [2.75, 3.05) is 24.3 Å². The SMILES string of the molecule is CC(C)[C@H](C)N(Cc1cc(NC(=O)C2CCCC2)ccc1N(C)C)C(=O)NC(C)(C)C. The number of anilines is 2. The zero-order valence-electron chi connectivity index (χ0n) is 20.7. The first-order chi connectivity index (χ1) is 14.4. The van der Waals surface area contributed by atoms with Gasteiger partial charge in [0.05, 0.1) is 0 Å². The maximum atomic E-state index is 13.2. The molecule has 1 aromatic rings. The van der Waals surface area contributed by atoms with Crippen molar-refractivity contribution in [1.82, 2.24) is 10.2 Å². The summed E-state index contributed by atoms with van der Waals surface area (Å²) in [5.74, 6) is 0.546. The van der Waals surface area contributed by atoms with Crippen LogP contribution in [-0.4, -0.2) is 42.5 Å². The van der Waals surface area contributed by atoms with Gasteiger partial charge in [0.1, 0.15) is 0 Å². The molecule has 0 heterocycles. The van der Waals surface area contributed by atoms with Crippen LogP contribution in [0.1, 0.15) is 72.8 Å². The van der Waals surface area contributed by atoms with E-state index in [1.807, 2.05) is 58.0 Å². The van der Waals surface area contributed by atoms with Crippen molar-refractivity contribution in [3.8, 4) is 0 Å². The van der Waals surface area contributed by atoms with E-state index in [1.54, 1.807) is 0 Å². The highest BCUT2D eigenvalue weighted by atomic mass is 16.2. The van der Waals surface area contributed by atoms with Gasteiger partial charge in [-0.3, -0.25) is 4.79 Å². The fraction of sp³-hybridized carbons (Fsp3) is 0.680. The first-order valence-corrected chi connectivity index (χ1v) is 11.6. The van der Waals surface area contributed by atoms with E-state index in [9.17, 15) is 9.59 Å². The van der Waals surface area contributed by atoms with Crippen molar-refractivity contribution in [2.24, 2.45) is 11.8 Å². The molecule has 6 nitrogen and oxygen atoms in total. The Bertz CT molecular complexity index is 761. The lowest BCUT2D eigenvalue weighted by Gasteiger charge is -2.35. The Morgan fingerprint density at radius 1 is 1.10 bits per heavy atom. The fourth-order valence-electron chi connectivity index (χ4n) is 4.00. The molecule has 3 amide bonds. The predicted octanol–water partition coefficient (Wildman–Crippen LogP) is 5.24. The maximum absolute atomic E-state index is 13.2. The molecule has 0 aromatic heterocycles. The van der Waals surface area contributed by atoms with E-state index in [4.69, 9.17) is 0 Å². The Balaban J connectivity index is 2.32. The zero-order chi connectivity index (χ0) is 23.3. The maximum Gasteiger partial charge on any atom is 0.318 e. The lowest BCUT2D eigenvalue weighted by molar-refractivity contribution is -0.119. The third-order valence-electron chi connectivity index (χ3n) is 6.09. The zero-order valence-corrected chi connectivity index (χ0v) is 20.7. The minimum absolute atomic E-state index is 0.0640. The summed E-state index contributed by atoms with van der Waals surface area (Å²) in [7, 11) is 4.00. The van der Waals surface area contributed by atoms with Gasteiger partial charge < -0.3 is 20.4 Å². The van der Waals surface area contributed by atoms with Gasteiger partial charge in [-0.25, -0.2) is 4.79 Å². The van der Waals surface area contributed by atoms with Gasteiger partial charge >= 0.3 is 6.03 Å². The largest absolute Gasteiger partial charge is 0.377 e. The fourth-order valence-corrected chi connectivity index (χ4v) is 4.00. The second-order valence-corrected chi connectivity index (χ2v) is 10.5. The lowest BCUT2D eigenvalue weighted by Crippen LogP contribution is -2.52. The Hall–Kier alpha value is -2.24. The summed E-state index contributed by atoms with van der Waals surface area (Å²) in [5, 5.41) is 6.22. The van der Waals surface area contributed by atoms with E-state index in [-0.39, 0.29) is 29.4 Å². The molecule has 1 atom stereocenters. The van der Waals surface area contributed by atoms with Gasteiger partial charge in [0, 0.05) is 49.5 Å². The number of nitrogens with zero attached hydrogens (tertiary/aromatic N) is 2. The van der Waals surface area contributed by atoms with Crippen LogP contribution in [0.15, 0.2) is 18.2 Å². The normalized spacial score (nSPS) is 15.6. The van der Waals surface area contributed by atoms with Crippen molar-refractivity contribution in [3.63, 3.8) is 0 Å². The number of rotatable bonds is 7. The highest BCUT2D eigenvalue weighted by Gasteiger charge is 2.27. The number of hydrogen-bond acceptors (Lipinski definition) is 3. The summed E-state index contributed by atoms with van der Waals surface area (Å²) in [4.78, 5) is 29.7.